The zero-order valence-electron chi connectivity index (χ0n) is 13.6. The monoisotopic (exact) mass is 335 g/mol. The highest BCUT2D eigenvalue weighted by Gasteiger charge is 2.44. The normalized spacial score (nSPS) is 30.2. The molecule has 1 atom stereocenters. The highest BCUT2D eigenvalue weighted by molar-refractivity contribution is 7.07. The summed E-state index contributed by atoms with van der Waals surface area (Å²) in [7, 11) is 0. The Balaban J connectivity index is 1.41. The molecule has 4 heterocycles. The molecule has 3 saturated heterocycles. The van der Waals surface area contributed by atoms with Crippen LogP contribution in [0.25, 0.3) is 0 Å². The van der Waals surface area contributed by atoms with Gasteiger partial charge in [-0.1, -0.05) is 0 Å². The molecule has 0 saturated carbocycles. The molecule has 0 N–H and O–H groups in total. The van der Waals surface area contributed by atoms with Crippen LogP contribution < -0.4 is 0 Å². The minimum absolute atomic E-state index is 0.120. The molecule has 0 aromatic carbocycles. The van der Waals surface area contributed by atoms with Crippen LogP contribution in [0.15, 0.2) is 10.9 Å². The summed E-state index contributed by atoms with van der Waals surface area (Å²) in [6, 6.07) is 0.688. The van der Waals surface area contributed by atoms with E-state index in [4.69, 9.17) is 4.74 Å². The lowest BCUT2D eigenvalue weighted by Crippen LogP contribution is -2.48. The van der Waals surface area contributed by atoms with E-state index in [9.17, 15) is 4.79 Å². The largest absolute Gasteiger partial charge is 0.381 e. The van der Waals surface area contributed by atoms with Crippen LogP contribution in [0.4, 0.5) is 0 Å². The Hall–Kier alpha value is -0.980. The molecule has 3 fully saturated rings. The van der Waals surface area contributed by atoms with E-state index in [2.05, 4.69) is 9.88 Å². The fourth-order valence-electron chi connectivity index (χ4n) is 4.53. The zero-order chi connectivity index (χ0) is 15.7. The number of amides is 1. The van der Waals surface area contributed by atoms with Gasteiger partial charge in [0.1, 0.15) is 5.69 Å². The van der Waals surface area contributed by atoms with E-state index in [1.807, 2.05) is 10.3 Å². The summed E-state index contributed by atoms with van der Waals surface area (Å²) in [6.45, 7) is 5.94. The second-order valence-corrected chi connectivity index (χ2v) is 7.99. The maximum atomic E-state index is 12.6. The van der Waals surface area contributed by atoms with Crippen LogP contribution in [-0.4, -0.2) is 66.1 Å². The van der Waals surface area contributed by atoms with Crippen LogP contribution in [0.5, 0.6) is 0 Å². The Morgan fingerprint density at radius 3 is 2.91 bits per heavy atom. The van der Waals surface area contributed by atoms with E-state index < -0.39 is 0 Å². The average molecular weight is 335 g/mol. The van der Waals surface area contributed by atoms with Crippen molar-refractivity contribution in [3.8, 4) is 0 Å². The standard InChI is InChI=1S/C17H25N3O2S/c21-16(15-10-23-13-18-15)20-6-1-4-17(12-20)5-7-19(11-17)14-2-8-22-9-3-14/h10,13-14H,1-9,11-12H2/t17-/m0/s1. The number of carbonyl (C=O) groups is 1. The summed E-state index contributed by atoms with van der Waals surface area (Å²) in [5, 5.41) is 1.87. The molecule has 5 nitrogen and oxygen atoms in total. The number of hydrogen-bond acceptors (Lipinski definition) is 5. The average Bonchev–Trinajstić information content (AvgIpc) is 3.26. The van der Waals surface area contributed by atoms with Crippen molar-refractivity contribution in [1.82, 2.24) is 14.8 Å². The van der Waals surface area contributed by atoms with E-state index in [0.29, 0.717) is 17.2 Å². The van der Waals surface area contributed by atoms with Crippen molar-refractivity contribution in [3.63, 3.8) is 0 Å². The van der Waals surface area contributed by atoms with Gasteiger partial charge in [-0.25, -0.2) is 4.98 Å². The van der Waals surface area contributed by atoms with Gasteiger partial charge in [0.25, 0.3) is 5.91 Å². The van der Waals surface area contributed by atoms with Gasteiger partial charge in [-0.05, 0) is 38.6 Å². The van der Waals surface area contributed by atoms with Gasteiger partial charge in [-0.2, -0.15) is 0 Å². The third kappa shape index (κ3) is 3.16. The Morgan fingerprint density at radius 1 is 1.26 bits per heavy atom. The number of piperidine rings is 1. The second-order valence-electron chi connectivity index (χ2n) is 7.27. The fourth-order valence-corrected chi connectivity index (χ4v) is 5.05. The van der Waals surface area contributed by atoms with E-state index in [-0.39, 0.29) is 5.91 Å². The molecule has 6 heteroatoms. The van der Waals surface area contributed by atoms with E-state index in [1.54, 1.807) is 5.51 Å². The van der Waals surface area contributed by atoms with Crippen molar-refractivity contribution in [1.29, 1.82) is 0 Å². The molecule has 0 bridgehead atoms. The molecule has 4 rings (SSSR count). The first-order valence-electron chi connectivity index (χ1n) is 8.75. The van der Waals surface area contributed by atoms with Crippen molar-refractivity contribution in [2.75, 3.05) is 39.4 Å². The minimum Gasteiger partial charge on any atom is -0.381 e. The molecular weight excluding hydrogens is 310 g/mol. The van der Waals surface area contributed by atoms with E-state index in [1.165, 1.54) is 30.7 Å². The lowest BCUT2D eigenvalue weighted by Gasteiger charge is -2.41. The number of carbonyl (C=O) groups excluding carboxylic acids is 1. The summed E-state index contributed by atoms with van der Waals surface area (Å²) in [6.07, 6.45) is 5.94. The Labute approximate surface area is 141 Å². The molecule has 0 radical (unpaired) electrons. The number of hydrogen-bond donors (Lipinski definition) is 0. The smallest absolute Gasteiger partial charge is 0.273 e. The first kappa shape index (κ1) is 15.5. The Morgan fingerprint density at radius 2 is 2.13 bits per heavy atom. The molecule has 0 unspecified atom stereocenters. The number of ether oxygens (including phenoxy) is 1. The van der Waals surface area contributed by atoms with Crippen molar-refractivity contribution < 1.29 is 9.53 Å². The summed E-state index contributed by atoms with van der Waals surface area (Å²) < 4.78 is 5.50. The molecule has 1 spiro atoms. The van der Waals surface area contributed by atoms with Crippen LogP contribution >= 0.6 is 11.3 Å². The predicted molar refractivity (Wildman–Crippen MR) is 89.7 cm³/mol. The molecule has 3 aliphatic rings. The van der Waals surface area contributed by atoms with Gasteiger partial charge in [-0.3, -0.25) is 9.69 Å². The number of nitrogens with zero attached hydrogens (tertiary/aromatic N) is 3. The Kier molecular flexibility index (Phi) is 4.39. The SMILES string of the molecule is O=C(c1cscn1)N1CCC[C@@]2(CCN(C3CCOCC3)C2)C1. The summed E-state index contributed by atoms with van der Waals surface area (Å²) in [5.74, 6) is 0.120. The third-order valence-corrected chi connectivity index (χ3v) is 6.36. The molecular formula is C17H25N3O2S. The first-order valence-corrected chi connectivity index (χ1v) is 9.69. The van der Waals surface area contributed by atoms with E-state index >= 15 is 0 Å². The van der Waals surface area contributed by atoms with Gasteiger partial charge < -0.3 is 9.64 Å². The van der Waals surface area contributed by atoms with Gasteiger partial charge in [0.15, 0.2) is 0 Å². The highest BCUT2D eigenvalue weighted by Crippen LogP contribution is 2.40. The first-order chi connectivity index (χ1) is 11.3. The van der Waals surface area contributed by atoms with Crippen LogP contribution in [0.3, 0.4) is 0 Å². The number of likely N-dealkylation sites (tertiary alicyclic amines) is 2. The number of aromatic nitrogens is 1. The van der Waals surface area contributed by atoms with Gasteiger partial charge >= 0.3 is 0 Å². The number of thiazole rings is 1. The molecule has 1 aromatic heterocycles. The van der Waals surface area contributed by atoms with Crippen LogP contribution in [0.1, 0.15) is 42.6 Å². The van der Waals surface area contributed by atoms with Gasteiger partial charge in [0.2, 0.25) is 0 Å². The van der Waals surface area contributed by atoms with Crippen molar-refractivity contribution >= 4 is 17.2 Å². The second kappa shape index (κ2) is 6.49. The van der Waals surface area contributed by atoms with Crippen LogP contribution in [0.2, 0.25) is 0 Å². The van der Waals surface area contributed by atoms with Crippen molar-refractivity contribution in [2.45, 2.75) is 38.1 Å². The van der Waals surface area contributed by atoms with Crippen LogP contribution in [-0.2, 0) is 4.74 Å². The van der Waals surface area contributed by atoms with Crippen molar-refractivity contribution in [2.24, 2.45) is 5.41 Å². The molecule has 1 amide bonds. The fraction of sp³-hybridized carbons (Fsp3) is 0.765. The third-order valence-electron chi connectivity index (χ3n) is 5.78. The molecule has 126 valence electrons. The van der Waals surface area contributed by atoms with Gasteiger partial charge in [-0.15, -0.1) is 11.3 Å². The molecule has 3 aliphatic heterocycles. The lowest BCUT2D eigenvalue weighted by molar-refractivity contribution is 0.0296. The summed E-state index contributed by atoms with van der Waals surface area (Å²) in [5.41, 5.74) is 2.67. The zero-order valence-corrected chi connectivity index (χ0v) is 14.4. The summed E-state index contributed by atoms with van der Waals surface area (Å²) in [4.78, 5) is 21.5. The van der Waals surface area contributed by atoms with E-state index in [0.717, 1.165) is 52.1 Å². The minimum atomic E-state index is 0.120. The topological polar surface area (TPSA) is 45.7 Å². The van der Waals surface area contributed by atoms with Crippen LogP contribution in [0, 0.1) is 5.41 Å². The maximum Gasteiger partial charge on any atom is 0.273 e. The highest BCUT2D eigenvalue weighted by atomic mass is 32.1. The lowest BCUT2D eigenvalue weighted by atomic mass is 9.79. The van der Waals surface area contributed by atoms with Gasteiger partial charge in [0, 0.05) is 49.7 Å². The molecule has 1 aromatic rings. The maximum absolute atomic E-state index is 12.6. The number of rotatable bonds is 2. The Bertz CT molecular complexity index is 544. The summed E-state index contributed by atoms with van der Waals surface area (Å²) >= 11 is 1.50. The van der Waals surface area contributed by atoms with Gasteiger partial charge in [0.05, 0.1) is 5.51 Å². The van der Waals surface area contributed by atoms with Crippen molar-refractivity contribution in [3.05, 3.63) is 16.6 Å². The molecule has 23 heavy (non-hydrogen) atoms. The molecule has 0 aliphatic carbocycles. The predicted octanol–water partition coefficient (Wildman–Crippen LogP) is 2.25. The quantitative estimate of drug-likeness (QED) is 0.832.